The molecule has 1 unspecified atom stereocenters. The highest BCUT2D eigenvalue weighted by atomic mass is 16.1. The van der Waals surface area contributed by atoms with Crippen LogP contribution in [0.25, 0.3) is 0 Å². The summed E-state index contributed by atoms with van der Waals surface area (Å²) >= 11 is 0. The van der Waals surface area contributed by atoms with Gasteiger partial charge in [0.25, 0.3) is 0 Å². The maximum atomic E-state index is 12.4. The zero-order valence-electron chi connectivity index (χ0n) is 10.4. The standard InChI is InChI=1S/C14H24O/c1-4-14(2,3)13(15)12-9-10-5-7-11(12)8-6-10/h10-12H,4-9H2,1-3H3. The molecule has 0 amide bonds. The van der Waals surface area contributed by atoms with E-state index in [2.05, 4.69) is 20.8 Å². The summed E-state index contributed by atoms with van der Waals surface area (Å²) in [6.07, 6.45) is 7.61. The lowest BCUT2D eigenvalue weighted by atomic mass is 9.60. The summed E-state index contributed by atoms with van der Waals surface area (Å²) in [4.78, 5) is 12.4. The first-order valence-electron chi connectivity index (χ1n) is 6.59. The van der Waals surface area contributed by atoms with E-state index in [0.717, 1.165) is 18.3 Å². The fourth-order valence-corrected chi connectivity index (χ4v) is 3.38. The van der Waals surface area contributed by atoms with Gasteiger partial charge in [-0.05, 0) is 37.5 Å². The zero-order valence-corrected chi connectivity index (χ0v) is 10.4. The van der Waals surface area contributed by atoms with Crippen molar-refractivity contribution in [2.75, 3.05) is 0 Å². The van der Waals surface area contributed by atoms with Gasteiger partial charge in [0.1, 0.15) is 5.78 Å². The van der Waals surface area contributed by atoms with Crippen molar-refractivity contribution < 1.29 is 4.79 Å². The molecule has 0 aromatic carbocycles. The van der Waals surface area contributed by atoms with Crippen molar-refractivity contribution in [1.29, 1.82) is 0 Å². The fourth-order valence-electron chi connectivity index (χ4n) is 3.38. The number of Topliss-reactive ketones (excluding diaryl/α,β-unsaturated/α-hetero) is 1. The van der Waals surface area contributed by atoms with Gasteiger partial charge in [-0.2, -0.15) is 0 Å². The van der Waals surface area contributed by atoms with Crippen LogP contribution in [0, 0.1) is 23.2 Å². The topological polar surface area (TPSA) is 17.1 Å². The van der Waals surface area contributed by atoms with Gasteiger partial charge < -0.3 is 0 Å². The number of hydrogen-bond donors (Lipinski definition) is 0. The Labute approximate surface area is 93.6 Å². The van der Waals surface area contributed by atoms with E-state index in [1.807, 2.05) is 0 Å². The second-order valence-corrected chi connectivity index (χ2v) is 6.22. The lowest BCUT2D eigenvalue weighted by molar-refractivity contribution is -0.136. The molecule has 3 rings (SSSR count). The normalized spacial score (nSPS) is 35.5. The number of fused-ring (bicyclic) bond motifs is 3. The van der Waals surface area contributed by atoms with Gasteiger partial charge >= 0.3 is 0 Å². The van der Waals surface area contributed by atoms with Gasteiger partial charge in [0, 0.05) is 11.3 Å². The summed E-state index contributed by atoms with van der Waals surface area (Å²) in [7, 11) is 0. The number of ketones is 1. The van der Waals surface area contributed by atoms with Crippen LogP contribution < -0.4 is 0 Å². The minimum atomic E-state index is -0.0812. The third-order valence-electron chi connectivity index (χ3n) is 4.94. The van der Waals surface area contributed by atoms with E-state index in [0.29, 0.717) is 11.7 Å². The maximum Gasteiger partial charge on any atom is 0.141 e. The van der Waals surface area contributed by atoms with Crippen molar-refractivity contribution in [2.24, 2.45) is 23.2 Å². The van der Waals surface area contributed by atoms with Crippen molar-refractivity contribution in [1.82, 2.24) is 0 Å². The van der Waals surface area contributed by atoms with Crippen molar-refractivity contribution in [3.63, 3.8) is 0 Å². The Morgan fingerprint density at radius 2 is 1.80 bits per heavy atom. The first-order valence-corrected chi connectivity index (χ1v) is 6.59. The average Bonchev–Trinajstić information content (AvgIpc) is 2.29. The molecule has 0 aliphatic heterocycles. The quantitative estimate of drug-likeness (QED) is 0.689. The van der Waals surface area contributed by atoms with Crippen molar-refractivity contribution in [3.8, 4) is 0 Å². The smallest absolute Gasteiger partial charge is 0.141 e. The molecular formula is C14H24O. The number of carbonyl (C=O) groups excluding carboxylic acids is 1. The number of rotatable bonds is 3. The molecule has 3 aliphatic rings. The molecule has 3 fully saturated rings. The molecule has 0 saturated heterocycles. The molecular weight excluding hydrogens is 184 g/mol. The molecule has 3 saturated carbocycles. The fraction of sp³-hybridized carbons (Fsp3) is 0.929. The molecule has 0 aromatic heterocycles. The summed E-state index contributed by atoms with van der Waals surface area (Å²) in [5.41, 5.74) is -0.0812. The van der Waals surface area contributed by atoms with Gasteiger partial charge in [-0.15, -0.1) is 0 Å². The summed E-state index contributed by atoms with van der Waals surface area (Å²) < 4.78 is 0. The predicted molar refractivity (Wildman–Crippen MR) is 62.6 cm³/mol. The van der Waals surface area contributed by atoms with Gasteiger partial charge in [0.05, 0.1) is 0 Å². The summed E-state index contributed by atoms with van der Waals surface area (Å²) in [5.74, 6) is 2.57. The summed E-state index contributed by atoms with van der Waals surface area (Å²) in [5, 5.41) is 0. The van der Waals surface area contributed by atoms with Crippen molar-refractivity contribution >= 4 is 5.78 Å². The van der Waals surface area contributed by atoms with Gasteiger partial charge in [0.2, 0.25) is 0 Å². The average molecular weight is 208 g/mol. The Bertz CT molecular complexity index is 246. The summed E-state index contributed by atoms with van der Waals surface area (Å²) in [6.45, 7) is 6.38. The second-order valence-electron chi connectivity index (χ2n) is 6.22. The molecule has 2 bridgehead atoms. The van der Waals surface area contributed by atoms with Crippen LogP contribution in [-0.4, -0.2) is 5.78 Å². The summed E-state index contributed by atoms with van der Waals surface area (Å²) in [6, 6.07) is 0. The van der Waals surface area contributed by atoms with E-state index in [1.54, 1.807) is 0 Å². The predicted octanol–water partition coefficient (Wildman–Crippen LogP) is 3.82. The second kappa shape index (κ2) is 3.92. The molecule has 86 valence electrons. The molecule has 1 heteroatoms. The Morgan fingerprint density at radius 3 is 2.20 bits per heavy atom. The third kappa shape index (κ3) is 1.98. The molecule has 0 radical (unpaired) electrons. The van der Waals surface area contributed by atoms with E-state index < -0.39 is 0 Å². The van der Waals surface area contributed by atoms with E-state index in [1.165, 1.54) is 32.1 Å². The lowest BCUT2D eigenvalue weighted by Crippen LogP contribution is -2.41. The Hall–Kier alpha value is -0.330. The Morgan fingerprint density at radius 1 is 1.20 bits per heavy atom. The molecule has 0 N–H and O–H groups in total. The van der Waals surface area contributed by atoms with Crippen LogP contribution in [0.1, 0.15) is 59.3 Å². The minimum Gasteiger partial charge on any atom is -0.299 e. The van der Waals surface area contributed by atoms with Gasteiger partial charge in [-0.25, -0.2) is 0 Å². The van der Waals surface area contributed by atoms with Crippen molar-refractivity contribution in [3.05, 3.63) is 0 Å². The van der Waals surface area contributed by atoms with Crippen LogP contribution >= 0.6 is 0 Å². The van der Waals surface area contributed by atoms with E-state index in [4.69, 9.17) is 0 Å². The first kappa shape index (κ1) is 11.2. The first-order chi connectivity index (χ1) is 7.04. The number of hydrogen-bond acceptors (Lipinski definition) is 1. The maximum absolute atomic E-state index is 12.4. The molecule has 1 atom stereocenters. The highest BCUT2D eigenvalue weighted by molar-refractivity contribution is 5.86. The minimum absolute atomic E-state index is 0.0812. The van der Waals surface area contributed by atoms with E-state index in [-0.39, 0.29) is 5.41 Å². The lowest BCUT2D eigenvalue weighted by Gasteiger charge is -2.44. The highest BCUT2D eigenvalue weighted by Crippen LogP contribution is 2.47. The molecule has 0 spiro atoms. The third-order valence-corrected chi connectivity index (χ3v) is 4.94. The molecule has 0 heterocycles. The Balaban J connectivity index is 2.08. The van der Waals surface area contributed by atoms with Crippen LogP contribution in [0.15, 0.2) is 0 Å². The monoisotopic (exact) mass is 208 g/mol. The van der Waals surface area contributed by atoms with Crippen LogP contribution in [0.4, 0.5) is 0 Å². The highest BCUT2D eigenvalue weighted by Gasteiger charge is 2.43. The van der Waals surface area contributed by atoms with Gasteiger partial charge in [-0.1, -0.05) is 33.6 Å². The SMILES string of the molecule is CCC(C)(C)C(=O)C1CC2CCC1CC2. The number of carbonyl (C=O) groups is 1. The van der Waals surface area contributed by atoms with Crippen LogP contribution in [0.3, 0.4) is 0 Å². The molecule has 0 aromatic rings. The van der Waals surface area contributed by atoms with Gasteiger partial charge in [0.15, 0.2) is 0 Å². The van der Waals surface area contributed by atoms with Gasteiger partial charge in [-0.3, -0.25) is 4.79 Å². The zero-order chi connectivity index (χ0) is 11.1. The van der Waals surface area contributed by atoms with E-state index in [9.17, 15) is 4.79 Å². The van der Waals surface area contributed by atoms with Crippen LogP contribution in [-0.2, 0) is 4.79 Å². The molecule has 15 heavy (non-hydrogen) atoms. The Kier molecular flexibility index (Phi) is 2.92. The van der Waals surface area contributed by atoms with Crippen molar-refractivity contribution in [2.45, 2.75) is 59.3 Å². The largest absolute Gasteiger partial charge is 0.299 e. The van der Waals surface area contributed by atoms with Crippen LogP contribution in [0.5, 0.6) is 0 Å². The van der Waals surface area contributed by atoms with Crippen LogP contribution in [0.2, 0.25) is 0 Å². The molecule has 1 nitrogen and oxygen atoms in total. The molecule has 3 aliphatic carbocycles. The van der Waals surface area contributed by atoms with E-state index >= 15 is 0 Å².